The molecule has 1 aliphatic carbocycles. The second-order valence-corrected chi connectivity index (χ2v) is 5.65. The second kappa shape index (κ2) is 5.49. The van der Waals surface area contributed by atoms with Gasteiger partial charge in [0, 0.05) is 26.7 Å². The lowest BCUT2D eigenvalue weighted by Crippen LogP contribution is -2.39. The van der Waals surface area contributed by atoms with Gasteiger partial charge in [0.15, 0.2) is 0 Å². The number of methoxy groups -OCH3 is 1. The molecule has 1 saturated heterocycles. The van der Waals surface area contributed by atoms with Crippen LogP contribution in [0.1, 0.15) is 31.1 Å². The van der Waals surface area contributed by atoms with Crippen LogP contribution in [0.5, 0.6) is 0 Å². The van der Waals surface area contributed by atoms with Gasteiger partial charge in [-0.1, -0.05) is 0 Å². The van der Waals surface area contributed by atoms with Gasteiger partial charge >= 0.3 is 0 Å². The zero-order chi connectivity index (χ0) is 14.1. The molecule has 1 aromatic rings. The van der Waals surface area contributed by atoms with E-state index in [-0.39, 0.29) is 18.1 Å². The first-order valence-corrected chi connectivity index (χ1v) is 7.06. The molecule has 3 rings (SSSR count). The summed E-state index contributed by atoms with van der Waals surface area (Å²) in [7, 11) is 3.61. The third-order valence-electron chi connectivity index (χ3n) is 4.27. The van der Waals surface area contributed by atoms with Crippen molar-refractivity contribution in [1.29, 1.82) is 0 Å². The maximum absolute atomic E-state index is 12.3. The number of nitrogens with one attached hydrogen (secondary N) is 1. The topological polar surface area (TPSA) is 74.4 Å². The summed E-state index contributed by atoms with van der Waals surface area (Å²) in [6.45, 7) is 1.17. The Balaban J connectivity index is 1.67. The van der Waals surface area contributed by atoms with Gasteiger partial charge in [0.2, 0.25) is 5.91 Å². The van der Waals surface area contributed by atoms with Crippen molar-refractivity contribution in [2.45, 2.75) is 37.5 Å². The summed E-state index contributed by atoms with van der Waals surface area (Å²) in [5.41, 5.74) is 0. The lowest BCUT2D eigenvalue weighted by Gasteiger charge is -2.25. The van der Waals surface area contributed by atoms with Crippen molar-refractivity contribution in [2.75, 3.05) is 27.2 Å². The van der Waals surface area contributed by atoms with Crippen molar-refractivity contribution >= 4 is 5.91 Å². The highest BCUT2D eigenvalue weighted by Gasteiger charge is 2.38. The van der Waals surface area contributed by atoms with Crippen LogP contribution in [0.15, 0.2) is 6.33 Å². The minimum atomic E-state index is 0.0824. The Morgan fingerprint density at radius 1 is 1.60 bits per heavy atom. The average Bonchev–Trinajstić information content (AvgIpc) is 3.00. The van der Waals surface area contributed by atoms with Gasteiger partial charge in [-0.25, -0.2) is 4.98 Å². The first-order chi connectivity index (χ1) is 9.69. The van der Waals surface area contributed by atoms with Crippen LogP contribution in [-0.4, -0.2) is 70.3 Å². The fourth-order valence-corrected chi connectivity index (χ4v) is 2.82. The van der Waals surface area contributed by atoms with Crippen molar-refractivity contribution < 1.29 is 9.53 Å². The molecule has 2 fully saturated rings. The van der Waals surface area contributed by atoms with Crippen LogP contribution in [0.4, 0.5) is 0 Å². The van der Waals surface area contributed by atoms with E-state index in [4.69, 9.17) is 4.74 Å². The second-order valence-electron chi connectivity index (χ2n) is 5.65. The Hall–Kier alpha value is -1.47. The molecule has 7 nitrogen and oxygen atoms in total. The number of likely N-dealkylation sites (tertiary alicyclic amines) is 1. The number of H-pyrrole nitrogens is 1. The van der Waals surface area contributed by atoms with E-state index in [9.17, 15) is 4.79 Å². The fourth-order valence-electron chi connectivity index (χ4n) is 2.82. The number of carbonyl (C=O) groups is 1. The van der Waals surface area contributed by atoms with Gasteiger partial charge in [-0.15, -0.1) is 0 Å². The van der Waals surface area contributed by atoms with Crippen molar-refractivity contribution in [1.82, 2.24) is 25.0 Å². The summed E-state index contributed by atoms with van der Waals surface area (Å²) < 4.78 is 5.44. The monoisotopic (exact) mass is 279 g/mol. The van der Waals surface area contributed by atoms with Crippen LogP contribution in [0.25, 0.3) is 0 Å². The van der Waals surface area contributed by atoms with Crippen molar-refractivity contribution in [3.63, 3.8) is 0 Å². The number of carbonyl (C=O) groups excluding carboxylic acids is 1. The van der Waals surface area contributed by atoms with Gasteiger partial charge in [-0.05, 0) is 19.3 Å². The highest BCUT2D eigenvalue weighted by atomic mass is 16.5. The lowest BCUT2D eigenvalue weighted by atomic mass is 10.2. The third kappa shape index (κ3) is 2.69. The van der Waals surface area contributed by atoms with E-state index in [0.29, 0.717) is 12.6 Å². The van der Waals surface area contributed by atoms with E-state index in [2.05, 4.69) is 20.1 Å². The van der Waals surface area contributed by atoms with Gasteiger partial charge in [0.25, 0.3) is 0 Å². The fraction of sp³-hybridized carbons (Fsp3) is 0.769. The molecule has 2 heterocycles. The van der Waals surface area contributed by atoms with Gasteiger partial charge in [0.05, 0.1) is 18.7 Å². The number of rotatable bonds is 5. The van der Waals surface area contributed by atoms with Crippen molar-refractivity contribution in [3.8, 4) is 0 Å². The Morgan fingerprint density at radius 3 is 3.00 bits per heavy atom. The van der Waals surface area contributed by atoms with Crippen LogP contribution in [0.2, 0.25) is 0 Å². The van der Waals surface area contributed by atoms with Gasteiger partial charge < -0.3 is 9.64 Å². The van der Waals surface area contributed by atoms with Crippen LogP contribution in [-0.2, 0) is 9.53 Å². The van der Waals surface area contributed by atoms with E-state index in [0.717, 1.165) is 31.6 Å². The quantitative estimate of drug-likeness (QED) is 0.832. The number of nitrogens with zero attached hydrogens (tertiary/aromatic N) is 4. The number of hydrogen-bond acceptors (Lipinski definition) is 5. The lowest BCUT2D eigenvalue weighted by molar-refractivity contribution is -0.131. The largest absolute Gasteiger partial charge is 0.380 e. The van der Waals surface area contributed by atoms with Gasteiger partial charge in [-0.2, -0.15) is 5.10 Å². The Bertz CT molecular complexity index is 459. The smallest absolute Gasteiger partial charge is 0.236 e. The molecular formula is C13H21N5O2. The summed E-state index contributed by atoms with van der Waals surface area (Å²) in [6, 6.07) is 0.533. The van der Waals surface area contributed by atoms with Crippen LogP contribution in [0.3, 0.4) is 0 Å². The summed E-state index contributed by atoms with van der Waals surface area (Å²) in [5.74, 6) is 0.986. The number of aromatic nitrogens is 3. The maximum Gasteiger partial charge on any atom is 0.236 e. The number of hydrogen-bond donors (Lipinski definition) is 1. The summed E-state index contributed by atoms with van der Waals surface area (Å²) in [5, 5.41) is 6.81. The maximum atomic E-state index is 12.3. The molecule has 1 aliphatic heterocycles. The Morgan fingerprint density at radius 2 is 2.40 bits per heavy atom. The van der Waals surface area contributed by atoms with E-state index in [1.54, 1.807) is 7.11 Å². The number of amides is 1. The molecular weight excluding hydrogens is 258 g/mol. The molecule has 20 heavy (non-hydrogen) atoms. The number of likely N-dealkylation sites (N-methyl/N-ethyl adjacent to an activating group) is 1. The molecule has 1 saturated carbocycles. The molecule has 1 aromatic heterocycles. The van der Waals surface area contributed by atoms with Gasteiger partial charge in [-0.3, -0.25) is 14.8 Å². The molecule has 2 atom stereocenters. The van der Waals surface area contributed by atoms with Crippen LogP contribution >= 0.6 is 0 Å². The minimum absolute atomic E-state index is 0.0824. The molecule has 2 aliphatic rings. The first kappa shape index (κ1) is 13.5. The molecule has 7 heteroatoms. The van der Waals surface area contributed by atoms with Crippen LogP contribution < -0.4 is 0 Å². The molecule has 1 N–H and O–H groups in total. The highest BCUT2D eigenvalue weighted by molar-refractivity contribution is 5.78. The summed E-state index contributed by atoms with van der Waals surface area (Å²) in [4.78, 5) is 20.5. The minimum Gasteiger partial charge on any atom is -0.380 e. The Labute approximate surface area is 118 Å². The van der Waals surface area contributed by atoms with E-state index >= 15 is 0 Å². The molecule has 1 amide bonds. The van der Waals surface area contributed by atoms with E-state index < -0.39 is 0 Å². The van der Waals surface area contributed by atoms with E-state index in [1.165, 1.54) is 6.33 Å². The predicted molar refractivity (Wildman–Crippen MR) is 71.9 cm³/mol. The Kier molecular flexibility index (Phi) is 3.71. The number of ether oxygens (including phenoxy) is 1. The molecule has 0 radical (unpaired) electrons. The SMILES string of the molecule is CO[C@@H]1C[C@@H](c2ncn[nH]2)N(CC(=O)N(C)C2CC2)C1. The standard InChI is InChI=1S/C13H21N5O2/c1-17(9-3-4-9)12(19)7-18-6-10(20-2)5-11(18)13-14-8-15-16-13/h8-11H,3-7H2,1-2H3,(H,14,15,16)/t10-,11+/m1/s1. The highest BCUT2D eigenvalue weighted by Crippen LogP contribution is 2.32. The van der Waals surface area contributed by atoms with E-state index in [1.807, 2.05) is 11.9 Å². The zero-order valence-corrected chi connectivity index (χ0v) is 12.0. The predicted octanol–water partition coefficient (Wildman–Crippen LogP) is 0.187. The average molecular weight is 279 g/mol. The summed E-state index contributed by atoms with van der Waals surface area (Å²) >= 11 is 0. The zero-order valence-electron chi connectivity index (χ0n) is 12.0. The molecule has 0 unspecified atom stereocenters. The molecule has 0 bridgehead atoms. The van der Waals surface area contributed by atoms with Crippen molar-refractivity contribution in [2.24, 2.45) is 0 Å². The summed E-state index contributed by atoms with van der Waals surface area (Å²) in [6.07, 6.45) is 4.75. The normalized spacial score (nSPS) is 26.9. The van der Waals surface area contributed by atoms with Crippen molar-refractivity contribution in [3.05, 3.63) is 12.2 Å². The van der Waals surface area contributed by atoms with Crippen LogP contribution in [0, 0.1) is 0 Å². The third-order valence-corrected chi connectivity index (χ3v) is 4.27. The number of aromatic amines is 1. The first-order valence-electron chi connectivity index (χ1n) is 7.06. The molecule has 110 valence electrons. The molecule has 0 aromatic carbocycles. The van der Waals surface area contributed by atoms with Gasteiger partial charge in [0.1, 0.15) is 12.2 Å². The molecule has 0 spiro atoms.